The summed E-state index contributed by atoms with van der Waals surface area (Å²) in [5, 5.41) is 3.43. The number of aromatic nitrogens is 2. The topological polar surface area (TPSA) is 29.3 Å². The lowest BCUT2D eigenvalue weighted by Gasteiger charge is -2.03. The Kier molecular flexibility index (Phi) is 3.29. The molecule has 0 radical (unpaired) electrons. The van der Waals surface area contributed by atoms with Crippen molar-refractivity contribution >= 4 is 5.65 Å². The van der Waals surface area contributed by atoms with Gasteiger partial charge in [0, 0.05) is 25.5 Å². The lowest BCUT2D eigenvalue weighted by atomic mass is 10.1. The molecule has 0 aliphatic carbocycles. The van der Waals surface area contributed by atoms with E-state index in [9.17, 15) is 0 Å². The molecule has 0 unspecified atom stereocenters. The predicted octanol–water partition coefficient (Wildman–Crippen LogP) is 2.93. The SMILES string of the molecule is Cc1cccc(CNCc2cn3ccccc3n2)c1. The largest absolute Gasteiger partial charge is 0.307 e. The molecule has 0 atom stereocenters. The number of hydrogen-bond acceptors (Lipinski definition) is 2. The lowest BCUT2D eigenvalue weighted by molar-refractivity contribution is 0.682. The van der Waals surface area contributed by atoms with Crippen molar-refractivity contribution < 1.29 is 0 Å². The van der Waals surface area contributed by atoms with Gasteiger partial charge in [0.05, 0.1) is 5.69 Å². The average Bonchev–Trinajstić information content (AvgIpc) is 2.81. The molecule has 3 heteroatoms. The van der Waals surface area contributed by atoms with Crippen molar-refractivity contribution in [1.82, 2.24) is 14.7 Å². The second-order valence-corrected chi connectivity index (χ2v) is 4.79. The van der Waals surface area contributed by atoms with E-state index in [4.69, 9.17) is 0 Å². The molecule has 0 aliphatic heterocycles. The maximum absolute atomic E-state index is 4.56. The Labute approximate surface area is 112 Å². The Bertz CT molecular complexity index is 652. The van der Waals surface area contributed by atoms with Crippen LogP contribution in [0.25, 0.3) is 5.65 Å². The Morgan fingerprint density at radius 2 is 2.05 bits per heavy atom. The molecule has 1 aromatic carbocycles. The van der Waals surface area contributed by atoms with E-state index in [2.05, 4.69) is 47.7 Å². The fraction of sp³-hybridized carbons (Fsp3) is 0.188. The molecule has 2 aromatic heterocycles. The molecule has 2 heterocycles. The van der Waals surface area contributed by atoms with Gasteiger partial charge in [0.1, 0.15) is 5.65 Å². The Morgan fingerprint density at radius 1 is 1.11 bits per heavy atom. The highest BCUT2D eigenvalue weighted by Crippen LogP contribution is 2.06. The third-order valence-corrected chi connectivity index (χ3v) is 3.13. The minimum absolute atomic E-state index is 0.787. The number of rotatable bonds is 4. The smallest absolute Gasteiger partial charge is 0.137 e. The molecule has 0 spiro atoms. The van der Waals surface area contributed by atoms with E-state index in [1.807, 2.05) is 28.8 Å². The van der Waals surface area contributed by atoms with Crippen molar-refractivity contribution in [3.63, 3.8) is 0 Å². The zero-order valence-corrected chi connectivity index (χ0v) is 11.0. The van der Waals surface area contributed by atoms with Crippen LogP contribution in [0.2, 0.25) is 0 Å². The third-order valence-electron chi connectivity index (χ3n) is 3.13. The maximum Gasteiger partial charge on any atom is 0.137 e. The van der Waals surface area contributed by atoms with Crippen LogP contribution < -0.4 is 5.32 Å². The van der Waals surface area contributed by atoms with Gasteiger partial charge in [-0.05, 0) is 24.6 Å². The second-order valence-electron chi connectivity index (χ2n) is 4.79. The Balaban J connectivity index is 1.63. The lowest BCUT2D eigenvalue weighted by Crippen LogP contribution is -2.12. The Hall–Kier alpha value is -2.13. The summed E-state index contributed by atoms with van der Waals surface area (Å²) in [7, 11) is 0. The number of imidazole rings is 1. The van der Waals surface area contributed by atoms with Crippen LogP contribution in [0.5, 0.6) is 0 Å². The van der Waals surface area contributed by atoms with E-state index in [0.29, 0.717) is 0 Å². The zero-order chi connectivity index (χ0) is 13.1. The van der Waals surface area contributed by atoms with Crippen LogP contribution in [0, 0.1) is 6.92 Å². The van der Waals surface area contributed by atoms with Crippen LogP contribution >= 0.6 is 0 Å². The first-order chi connectivity index (χ1) is 9.31. The van der Waals surface area contributed by atoms with Crippen LogP contribution in [0.15, 0.2) is 54.9 Å². The van der Waals surface area contributed by atoms with Crippen LogP contribution in [-0.4, -0.2) is 9.38 Å². The maximum atomic E-state index is 4.56. The minimum atomic E-state index is 0.787. The van der Waals surface area contributed by atoms with Crippen molar-refractivity contribution in [3.05, 3.63) is 71.7 Å². The average molecular weight is 251 g/mol. The molecule has 0 aliphatic rings. The van der Waals surface area contributed by atoms with Crippen LogP contribution in [0.3, 0.4) is 0 Å². The second kappa shape index (κ2) is 5.24. The number of nitrogens with one attached hydrogen (secondary N) is 1. The van der Waals surface area contributed by atoms with Gasteiger partial charge in [0.25, 0.3) is 0 Å². The molecule has 0 bridgehead atoms. The van der Waals surface area contributed by atoms with Crippen LogP contribution in [0.4, 0.5) is 0 Å². The number of benzene rings is 1. The van der Waals surface area contributed by atoms with Crippen molar-refractivity contribution in [2.45, 2.75) is 20.0 Å². The van der Waals surface area contributed by atoms with Gasteiger partial charge in [-0.15, -0.1) is 0 Å². The van der Waals surface area contributed by atoms with Gasteiger partial charge in [-0.2, -0.15) is 0 Å². The van der Waals surface area contributed by atoms with Crippen LogP contribution in [0.1, 0.15) is 16.8 Å². The highest BCUT2D eigenvalue weighted by atomic mass is 15.0. The molecule has 0 amide bonds. The molecule has 0 fully saturated rings. The van der Waals surface area contributed by atoms with Gasteiger partial charge in [-0.25, -0.2) is 4.98 Å². The molecule has 0 saturated carbocycles. The van der Waals surface area contributed by atoms with E-state index < -0.39 is 0 Å². The zero-order valence-electron chi connectivity index (χ0n) is 11.0. The van der Waals surface area contributed by atoms with Crippen molar-refractivity contribution in [1.29, 1.82) is 0 Å². The Morgan fingerprint density at radius 3 is 2.89 bits per heavy atom. The highest BCUT2D eigenvalue weighted by Gasteiger charge is 2.00. The van der Waals surface area contributed by atoms with Gasteiger partial charge < -0.3 is 9.72 Å². The molecular weight excluding hydrogens is 234 g/mol. The summed E-state index contributed by atoms with van der Waals surface area (Å²) in [6.07, 6.45) is 4.09. The van der Waals surface area contributed by atoms with Crippen molar-refractivity contribution in [2.75, 3.05) is 0 Å². The first-order valence-electron chi connectivity index (χ1n) is 6.50. The third kappa shape index (κ3) is 2.83. The first kappa shape index (κ1) is 11.9. The van der Waals surface area contributed by atoms with E-state index in [1.165, 1.54) is 11.1 Å². The fourth-order valence-corrected chi connectivity index (χ4v) is 2.23. The highest BCUT2D eigenvalue weighted by molar-refractivity contribution is 5.39. The van der Waals surface area contributed by atoms with Gasteiger partial charge in [0.15, 0.2) is 0 Å². The monoisotopic (exact) mass is 251 g/mol. The van der Waals surface area contributed by atoms with Gasteiger partial charge >= 0.3 is 0 Å². The molecule has 96 valence electrons. The summed E-state index contributed by atoms with van der Waals surface area (Å²) < 4.78 is 2.05. The summed E-state index contributed by atoms with van der Waals surface area (Å²) in [6.45, 7) is 3.77. The van der Waals surface area contributed by atoms with E-state index in [-0.39, 0.29) is 0 Å². The summed E-state index contributed by atoms with van der Waals surface area (Å²) in [5.74, 6) is 0. The molecule has 19 heavy (non-hydrogen) atoms. The number of fused-ring (bicyclic) bond motifs is 1. The summed E-state index contributed by atoms with van der Waals surface area (Å²) in [6, 6.07) is 14.6. The summed E-state index contributed by atoms with van der Waals surface area (Å²) in [5.41, 5.74) is 4.67. The van der Waals surface area contributed by atoms with Crippen molar-refractivity contribution in [2.24, 2.45) is 0 Å². The first-order valence-corrected chi connectivity index (χ1v) is 6.50. The quantitative estimate of drug-likeness (QED) is 0.772. The standard InChI is InChI=1S/C16H17N3/c1-13-5-4-6-14(9-13)10-17-11-15-12-19-8-3-2-7-16(19)18-15/h2-9,12,17H,10-11H2,1H3. The predicted molar refractivity (Wildman–Crippen MR) is 76.9 cm³/mol. The summed E-state index contributed by atoms with van der Waals surface area (Å²) >= 11 is 0. The molecule has 3 aromatic rings. The number of nitrogens with zero attached hydrogens (tertiary/aromatic N) is 2. The molecule has 0 saturated heterocycles. The molecule has 3 nitrogen and oxygen atoms in total. The normalized spacial score (nSPS) is 11.0. The molecule has 3 rings (SSSR count). The minimum Gasteiger partial charge on any atom is -0.307 e. The van der Waals surface area contributed by atoms with E-state index >= 15 is 0 Å². The number of pyridine rings is 1. The van der Waals surface area contributed by atoms with Gasteiger partial charge in [-0.1, -0.05) is 35.9 Å². The fourth-order valence-electron chi connectivity index (χ4n) is 2.23. The van der Waals surface area contributed by atoms with E-state index in [0.717, 1.165) is 24.4 Å². The number of hydrogen-bond donors (Lipinski definition) is 1. The van der Waals surface area contributed by atoms with Gasteiger partial charge in [0.2, 0.25) is 0 Å². The summed E-state index contributed by atoms with van der Waals surface area (Å²) in [4.78, 5) is 4.56. The van der Waals surface area contributed by atoms with Crippen LogP contribution in [-0.2, 0) is 13.1 Å². The van der Waals surface area contributed by atoms with E-state index in [1.54, 1.807) is 0 Å². The molecular formula is C16H17N3. The van der Waals surface area contributed by atoms with Gasteiger partial charge in [-0.3, -0.25) is 0 Å². The van der Waals surface area contributed by atoms with Crippen molar-refractivity contribution in [3.8, 4) is 0 Å². The molecule has 1 N–H and O–H groups in total. The number of aryl methyl sites for hydroxylation is 1.